The number of benzene rings is 1. The van der Waals surface area contributed by atoms with Crippen LogP contribution in [0.4, 0.5) is 8.78 Å². The van der Waals surface area contributed by atoms with Crippen molar-refractivity contribution < 1.29 is 21.9 Å². The van der Waals surface area contributed by atoms with Gasteiger partial charge in [-0.2, -0.15) is 0 Å². The summed E-state index contributed by atoms with van der Waals surface area (Å²) in [7, 11) is -3.80. The summed E-state index contributed by atoms with van der Waals surface area (Å²) in [6.45, 7) is 2.42. The molecule has 17 heavy (non-hydrogen) atoms. The Labute approximate surface area is 98.4 Å². The van der Waals surface area contributed by atoms with Gasteiger partial charge in [0.2, 0.25) is 10.0 Å². The lowest BCUT2D eigenvalue weighted by atomic mass is 10.1. The highest BCUT2D eigenvalue weighted by molar-refractivity contribution is 7.89. The summed E-state index contributed by atoms with van der Waals surface area (Å²) in [5, 5.41) is 4.98. The summed E-state index contributed by atoms with van der Waals surface area (Å²) in [5.74, 6) is 0.262. The maximum absolute atomic E-state index is 12.0. The van der Waals surface area contributed by atoms with E-state index in [0.717, 1.165) is 0 Å². The fraction of sp³-hybridized carbons (Fsp3) is 0.400. The summed E-state index contributed by atoms with van der Waals surface area (Å²) in [6.07, 6.45) is -2.58. The highest BCUT2D eigenvalue weighted by atomic mass is 32.2. The van der Waals surface area contributed by atoms with Gasteiger partial charge in [-0.05, 0) is 37.1 Å². The molecule has 0 aromatic heterocycles. The number of alkyl halides is 2. The third-order valence-corrected chi connectivity index (χ3v) is 3.01. The number of hydrogen-bond acceptors (Lipinski definition) is 3. The molecular formula is C10H13F2NO3S. The van der Waals surface area contributed by atoms with Gasteiger partial charge in [0.15, 0.2) is 0 Å². The Morgan fingerprint density at radius 1 is 1.29 bits per heavy atom. The largest absolute Gasteiger partial charge is 0.487 e. The molecule has 0 radical (unpaired) electrons. The highest BCUT2D eigenvalue weighted by Gasteiger charge is 2.14. The van der Waals surface area contributed by atoms with Gasteiger partial charge in [-0.3, -0.25) is 0 Å². The van der Waals surface area contributed by atoms with Crippen molar-refractivity contribution in [3.8, 4) is 5.75 Å². The van der Waals surface area contributed by atoms with Crippen LogP contribution in [0.2, 0.25) is 0 Å². The molecule has 0 atom stereocenters. The number of rotatable bonds is 4. The lowest BCUT2D eigenvalue weighted by molar-refractivity contribution is 0.0812. The van der Waals surface area contributed by atoms with Crippen LogP contribution in [0.1, 0.15) is 11.1 Å². The molecule has 0 aliphatic carbocycles. The number of sulfonamides is 1. The molecule has 1 aromatic carbocycles. The second-order valence-electron chi connectivity index (χ2n) is 3.63. The molecule has 4 nitrogen and oxygen atoms in total. The quantitative estimate of drug-likeness (QED) is 0.898. The fourth-order valence-corrected chi connectivity index (χ4v) is 2.13. The molecule has 0 saturated heterocycles. The van der Waals surface area contributed by atoms with Crippen molar-refractivity contribution in [3.05, 3.63) is 23.3 Å². The molecular weight excluding hydrogens is 252 g/mol. The van der Waals surface area contributed by atoms with Crippen LogP contribution in [0.3, 0.4) is 0 Å². The van der Waals surface area contributed by atoms with Crippen LogP contribution in [-0.4, -0.2) is 21.5 Å². The Balaban J connectivity index is 3.11. The molecule has 1 aromatic rings. The third-order valence-electron chi connectivity index (χ3n) is 2.12. The Morgan fingerprint density at radius 2 is 1.76 bits per heavy atom. The maximum Gasteiger partial charge on any atom is 0.272 e. The Kier molecular flexibility index (Phi) is 4.05. The molecule has 0 unspecified atom stereocenters. The summed E-state index contributed by atoms with van der Waals surface area (Å²) in [4.78, 5) is -0.0584. The van der Waals surface area contributed by atoms with Crippen LogP contribution in [0.5, 0.6) is 5.75 Å². The van der Waals surface area contributed by atoms with E-state index in [2.05, 4.69) is 0 Å². The van der Waals surface area contributed by atoms with Gasteiger partial charge in [0.05, 0.1) is 4.90 Å². The maximum atomic E-state index is 12.0. The number of halogens is 2. The van der Waals surface area contributed by atoms with Gasteiger partial charge in [0.1, 0.15) is 12.4 Å². The van der Waals surface area contributed by atoms with Crippen LogP contribution in [0.25, 0.3) is 0 Å². The first kappa shape index (κ1) is 13.9. The van der Waals surface area contributed by atoms with Crippen LogP contribution in [0, 0.1) is 13.8 Å². The van der Waals surface area contributed by atoms with Gasteiger partial charge in [0.25, 0.3) is 6.43 Å². The van der Waals surface area contributed by atoms with Gasteiger partial charge in [-0.1, -0.05) is 0 Å². The second kappa shape index (κ2) is 4.97. The van der Waals surface area contributed by atoms with Crippen molar-refractivity contribution in [3.63, 3.8) is 0 Å². The van der Waals surface area contributed by atoms with Crippen LogP contribution >= 0.6 is 0 Å². The zero-order valence-corrected chi connectivity index (χ0v) is 10.2. The van der Waals surface area contributed by atoms with Gasteiger partial charge in [-0.15, -0.1) is 0 Å². The van der Waals surface area contributed by atoms with E-state index in [1.54, 1.807) is 13.8 Å². The van der Waals surface area contributed by atoms with Gasteiger partial charge in [-0.25, -0.2) is 22.3 Å². The monoisotopic (exact) mass is 265 g/mol. The zero-order valence-electron chi connectivity index (χ0n) is 9.41. The Morgan fingerprint density at radius 3 is 2.12 bits per heavy atom. The van der Waals surface area contributed by atoms with E-state index in [4.69, 9.17) is 9.88 Å². The molecule has 2 N–H and O–H groups in total. The van der Waals surface area contributed by atoms with Gasteiger partial charge in [0, 0.05) is 0 Å². The van der Waals surface area contributed by atoms with E-state index >= 15 is 0 Å². The van der Waals surface area contributed by atoms with Crippen molar-refractivity contribution in [1.82, 2.24) is 0 Å². The average molecular weight is 265 g/mol. The molecule has 0 aliphatic heterocycles. The van der Waals surface area contributed by atoms with Crippen molar-refractivity contribution in [2.75, 3.05) is 6.61 Å². The van der Waals surface area contributed by atoms with Gasteiger partial charge >= 0.3 is 0 Å². The Bertz CT molecular complexity index is 491. The number of aryl methyl sites for hydroxylation is 2. The van der Waals surface area contributed by atoms with E-state index in [0.29, 0.717) is 11.1 Å². The molecule has 0 aliphatic rings. The van der Waals surface area contributed by atoms with E-state index in [9.17, 15) is 17.2 Å². The zero-order chi connectivity index (χ0) is 13.2. The number of nitrogens with two attached hydrogens (primary N) is 1. The summed E-state index contributed by atoms with van der Waals surface area (Å²) < 4.78 is 51.2. The average Bonchev–Trinajstić information content (AvgIpc) is 2.14. The molecule has 0 amide bonds. The van der Waals surface area contributed by atoms with Crippen LogP contribution < -0.4 is 9.88 Å². The van der Waals surface area contributed by atoms with Gasteiger partial charge < -0.3 is 4.74 Å². The summed E-state index contributed by atoms with van der Waals surface area (Å²) in [5.41, 5.74) is 0.907. The van der Waals surface area contributed by atoms with Crippen LogP contribution in [-0.2, 0) is 10.0 Å². The van der Waals surface area contributed by atoms with Crippen molar-refractivity contribution in [1.29, 1.82) is 0 Å². The minimum Gasteiger partial charge on any atom is -0.487 e. The van der Waals surface area contributed by atoms with E-state index < -0.39 is 23.1 Å². The molecule has 96 valence electrons. The minimum atomic E-state index is -3.80. The standard InChI is InChI=1S/C10H13F2NO3S/c1-6-3-8(17(13,14)15)4-7(2)10(6)16-5-9(11)12/h3-4,9H,5H2,1-2H3,(H2,13,14,15). The summed E-state index contributed by atoms with van der Waals surface area (Å²) >= 11 is 0. The van der Waals surface area contributed by atoms with E-state index in [1.165, 1.54) is 12.1 Å². The minimum absolute atomic E-state index is 0.0584. The second-order valence-corrected chi connectivity index (χ2v) is 5.19. The molecule has 0 fully saturated rings. The van der Waals surface area contributed by atoms with E-state index in [1.807, 2.05) is 0 Å². The van der Waals surface area contributed by atoms with Crippen LogP contribution in [0.15, 0.2) is 17.0 Å². The Hall–Kier alpha value is -1.21. The first-order chi connectivity index (χ1) is 7.71. The van der Waals surface area contributed by atoms with Crippen molar-refractivity contribution >= 4 is 10.0 Å². The predicted octanol–water partition coefficient (Wildman–Crippen LogP) is 1.59. The normalized spacial score (nSPS) is 11.9. The lowest BCUT2D eigenvalue weighted by Crippen LogP contribution is -2.14. The number of ether oxygens (including phenoxy) is 1. The smallest absolute Gasteiger partial charge is 0.272 e. The molecule has 0 saturated carbocycles. The SMILES string of the molecule is Cc1cc(S(N)(=O)=O)cc(C)c1OCC(F)F. The molecule has 0 heterocycles. The first-order valence-electron chi connectivity index (χ1n) is 4.77. The van der Waals surface area contributed by atoms with Crippen molar-refractivity contribution in [2.45, 2.75) is 25.2 Å². The molecule has 0 spiro atoms. The first-order valence-corrected chi connectivity index (χ1v) is 6.31. The fourth-order valence-electron chi connectivity index (χ4n) is 1.45. The number of primary sulfonamides is 1. The summed E-state index contributed by atoms with van der Waals surface area (Å²) in [6, 6.07) is 2.59. The number of hydrogen-bond donors (Lipinski definition) is 1. The lowest BCUT2D eigenvalue weighted by Gasteiger charge is -2.13. The predicted molar refractivity (Wildman–Crippen MR) is 58.8 cm³/mol. The molecule has 0 bridgehead atoms. The molecule has 7 heteroatoms. The van der Waals surface area contributed by atoms with E-state index in [-0.39, 0.29) is 10.6 Å². The highest BCUT2D eigenvalue weighted by Crippen LogP contribution is 2.26. The topological polar surface area (TPSA) is 69.4 Å². The van der Waals surface area contributed by atoms with Crippen molar-refractivity contribution in [2.24, 2.45) is 5.14 Å². The third kappa shape index (κ3) is 3.64. The molecule has 1 rings (SSSR count).